The van der Waals surface area contributed by atoms with Crippen molar-refractivity contribution in [2.45, 2.75) is 12.1 Å². The minimum absolute atomic E-state index is 0.839. The van der Waals surface area contributed by atoms with Gasteiger partial charge in [-0.2, -0.15) is 0 Å². The van der Waals surface area contributed by atoms with Gasteiger partial charge < -0.3 is 0 Å². The highest BCUT2D eigenvalue weighted by Crippen LogP contribution is 2.42. The second-order valence-electron chi connectivity index (χ2n) is 18.7. The van der Waals surface area contributed by atoms with Crippen LogP contribution in [0.2, 0.25) is 12.1 Å². The van der Waals surface area contributed by atoms with Gasteiger partial charge >= 0.3 is 0 Å². The molecule has 0 atom stereocenters. The molecule has 0 saturated carbocycles. The summed E-state index contributed by atoms with van der Waals surface area (Å²) < 4.78 is 0. The van der Waals surface area contributed by atoms with Crippen LogP contribution in [-0.2, 0) is 0 Å². The Morgan fingerprint density at radius 1 is 0.197 bits per heavy atom. The fourth-order valence-electron chi connectivity index (χ4n) is 13.6. The molecule has 344 valence electrons. The molecule has 71 heavy (non-hydrogen) atoms. The van der Waals surface area contributed by atoms with Gasteiger partial charge in [-0.15, -0.1) is 13.2 Å². The van der Waals surface area contributed by atoms with E-state index in [0.717, 1.165) is 12.1 Å². The predicted molar refractivity (Wildman–Crippen MR) is 320 cm³/mol. The number of hydrogen-bond acceptors (Lipinski definition) is 0. The van der Waals surface area contributed by atoms with Crippen LogP contribution in [0.4, 0.5) is 0 Å². The van der Waals surface area contributed by atoms with E-state index in [9.17, 15) is 0 Å². The van der Waals surface area contributed by atoms with Crippen LogP contribution in [-0.4, -0.2) is 36.5 Å². The lowest BCUT2D eigenvalue weighted by molar-refractivity contribution is 1.59. The summed E-state index contributed by atoms with van der Waals surface area (Å²) in [5.74, 6) is 0. The van der Waals surface area contributed by atoms with Gasteiger partial charge in [-0.1, -0.05) is 367 Å². The lowest BCUT2D eigenvalue weighted by atomic mass is 10.4. The number of benzene rings is 10. The van der Waals surface area contributed by atoms with Crippen LogP contribution in [0.1, 0.15) is 0 Å². The van der Waals surface area contributed by atoms with Crippen molar-refractivity contribution in [1.29, 1.82) is 0 Å². The summed E-state index contributed by atoms with van der Waals surface area (Å²) in [7, 11) is -18.0. The third-order valence-electron chi connectivity index (χ3n) is 15.6. The minimum atomic E-state index is -3.84. The first-order valence-electron chi connectivity index (χ1n) is 24.9. The maximum absolute atomic E-state index is 4.86. The molecule has 0 aliphatic carbocycles. The average Bonchev–Trinajstić information content (AvgIpc) is 3.47. The van der Waals surface area contributed by atoms with Gasteiger partial charge in [0.25, 0.3) is 0 Å². The number of hydrogen-bond donors (Lipinski definition) is 0. The van der Waals surface area contributed by atoms with Crippen molar-refractivity contribution in [3.8, 4) is 0 Å². The molecule has 0 aliphatic rings. The topological polar surface area (TPSA) is 0 Å². The van der Waals surface area contributed by atoms with Gasteiger partial charge in [0.15, 0.2) is 0 Å². The largest absolute Gasteiger partial charge is 0.123 e. The van der Waals surface area contributed by atoms with E-state index in [1.807, 2.05) is 0 Å². The molecule has 0 aliphatic heterocycles. The van der Waals surface area contributed by atoms with Crippen LogP contribution >= 0.6 is 0 Å². The van der Waals surface area contributed by atoms with E-state index >= 15 is 0 Å². The summed E-state index contributed by atoms with van der Waals surface area (Å²) in [5, 5.41) is 14.7. The van der Waals surface area contributed by atoms with Gasteiger partial charge in [0.05, 0.1) is 0 Å². The highest BCUT2D eigenvalue weighted by Gasteiger charge is 2.82. The van der Waals surface area contributed by atoms with Crippen molar-refractivity contribution in [1.82, 2.24) is 0 Å². The Morgan fingerprint density at radius 3 is 0.493 bits per heavy atom. The molecular formula is C66H60Si5. The lowest BCUT2D eigenvalue weighted by Crippen LogP contribution is -3.11. The van der Waals surface area contributed by atoms with Crippen LogP contribution in [0.15, 0.2) is 329 Å². The third-order valence-corrected chi connectivity index (χ3v) is 89.9. The Morgan fingerprint density at radius 2 is 0.338 bits per heavy atom. The van der Waals surface area contributed by atoms with E-state index in [-0.39, 0.29) is 0 Å². The molecule has 0 aromatic heterocycles. The zero-order valence-corrected chi connectivity index (χ0v) is 45.4. The SMILES string of the molecule is C=CC[Si](c1ccccc1)(c1ccccc1)[Si](c1ccccc1)(c1ccccc1)[Si](c1ccccc1)(c1ccccc1)[Si](c1ccccc1)(c1ccccc1)[Si](CC=C)(c1ccccc1)c1ccccc1. The van der Waals surface area contributed by atoms with E-state index < -0.39 is 36.5 Å². The molecule has 0 N–H and O–H groups in total. The standard InChI is InChI=1S/C66H60Si5/c1-3-55-67(57-35-15-5-16-36-57,58-37-17-6-18-38-58)69(61-43-23-9-24-44-61,62-45-25-10-26-46-62)71(65-51-31-13-32-52-65,66-53-33-14-34-54-66)70(63-47-27-11-28-48-63,64-49-29-12-30-50-64)68(56-4-2,59-39-19-7-20-40-59)60-41-21-8-22-42-60/h3-54H,1-2,55-56H2. The molecular weight excluding hydrogens is 933 g/mol. The van der Waals surface area contributed by atoms with Gasteiger partial charge in [0, 0.05) is 0 Å². The van der Waals surface area contributed by atoms with Crippen molar-refractivity contribution < 1.29 is 0 Å². The molecule has 0 amide bonds. The average molecular weight is 994 g/mol. The van der Waals surface area contributed by atoms with Crippen LogP contribution < -0.4 is 51.9 Å². The van der Waals surface area contributed by atoms with Gasteiger partial charge in [-0.25, -0.2) is 0 Å². The van der Waals surface area contributed by atoms with Crippen LogP contribution in [0.5, 0.6) is 0 Å². The second-order valence-corrected chi connectivity index (χ2v) is 56.5. The first kappa shape index (κ1) is 47.4. The fourth-order valence-corrected chi connectivity index (χ4v) is 131. The quantitative estimate of drug-likeness (QED) is 0.0596. The van der Waals surface area contributed by atoms with Crippen molar-refractivity contribution in [3.05, 3.63) is 329 Å². The van der Waals surface area contributed by atoms with Crippen LogP contribution in [0, 0.1) is 0 Å². The molecule has 10 aromatic rings. The van der Waals surface area contributed by atoms with Gasteiger partial charge in [-0.05, 0) is 12.1 Å². The van der Waals surface area contributed by atoms with E-state index in [1.54, 1.807) is 0 Å². The van der Waals surface area contributed by atoms with Gasteiger partial charge in [0.1, 0.15) is 36.5 Å². The normalized spacial score (nSPS) is 12.2. The number of allylic oxidation sites excluding steroid dienone is 2. The predicted octanol–water partition coefficient (Wildman–Crippen LogP) is 8.99. The highest BCUT2D eigenvalue weighted by atomic mass is 29.9. The smallest absolute Gasteiger partial charge is 0.103 e. The molecule has 0 heterocycles. The molecule has 0 radical (unpaired) electrons. The molecule has 5 heteroatoms. The Balaban J connectivity index is 1.70. The maximum atomic E-state index is 4.86. The molecule has 0 unspecified atom stereocenters. The molecule has 0 spiro atoms. The van der Waals surface area contributed by atoms with E-state index in [4.69, 9.17) is 13.2 Å². The molecule has 0 bridgehead atoms. The zero-order chi connectivity index (χ0) is 48.5. The molecule has 10 rings (SSSR count). The summed E-state index contributed by atoms with van der Waals surface area (Å²) in [6.07, 6.45) is 4.65. The molecule has 0 fully saturated rings. The van der Waals surface area contributed by atoms with Crippen molar-refractivity contribution in [3.63, 3.8) is 0 Å². The van der Waals surface area contributed by atoms with E-state index in [2.05, 4.69) is 315 Å². The first-order chi connectivity index (χ1) is 35.2. The van der Waals surface area contributed by atoms with Crippen molar-refractivity contribution >= 4 is 88.4 Å². The Labute approximate surface area is 426 Å². The Kier molecular flexibility index (Phi) is 14.0. The summed E-state index contributed by atoms with van der Waals surface area (Å²) in [6.45, 7) is 9.71. The van der Waals surface area contributed by atoms with Gasteiger partial charge in [0.2, 0.25) is 0 Å². The fraction of sp³-hybridized carbons (Fsp3) is 0.0303. The van der Waals surface area contributed by atoms with Crippen LogP contribution in [0.3, 0.4) is 0 Å². The van der Waals surface area contributed by atoms with E-state index in [0.29, 0.717) is 0 Å². The summed E-state index contributed by atoms with van der Waals surface area (Å²) in [6, 6.07) is 122. The summed E-state index contributed by atoms with van der Waals surface area (Å²) in [5.41, 5.74) is 0. The van der Waals surface area contributed by atoms with Crippen molar-refractivity contribution in [2.24, 2.45) is 0 Å². The number of rotatable bonds is 18. The van der Waals surface area contributed by atoms with Crippen molar-refractivity contribution in [2.75, 3.05) is 0 Å². The zero-order valence-electron chi connectivity index (χ0n) is 40.4. The van der Waals surface area contributed by atoms with Crippen LogP contribution in [0.25, 0.3) is 0 Å². The minimum Gasteiger partial charge on any atom is -0.103 e. The molecule has 10 aromatic carbocycles. The van der Waals surface area contributed by atoms with Gasteiger partial charge in [-0.3, -0.25) is 0 Å². The monoisotopic (exact) mass is 992 g/mol. The Bertz CT molecular complexity index is 2870. The Hall–Kier alpha value is -7.24. The lowest BCUT2D eigenvalue weighted by Gasteiger charge is -2.68. The molecule has 0 saturated heterocycles. The first-order valence-corrected chi connectivity index (χ1v) is 39.4. The second kappa shape index (κ2) is 21.0. The summed E-state index contributed by atoms with van der Waals surface area (Å²) >= 11 is 0. The maximum Gasteiger partial charge on any atom is 0.123 e. The third kappa shape index (κ3) is 7.42. The van der Waals surface area contributed by atoms with E-state index in [1.165, 1.54) is 51.9 Å². The molecule has 0 nitrogen and oxygen atoms in total. The highest BCUT2D eigenvalue weighted by molar-refractivity contribution is 8.07. The summed E-state index contributed by atoms with van der Waals surface area (Å²) in [4.78, 5) is 0.